The zero-order chi connectivity index (χ0) is 19.5. The Kier molecular flexibility index (Phi) is 5.44. The number of aryl methyl sites for hydroxylation is 1. The fourth-order valence-corrected chi connectivity index (χ4v) is 2.07. The Morgan fingerprint density at radius 2 is 1.38 bits per heavy atom. The summed E-state index contributed by atoms with van der Waals surface area (Å²) in [6, 6.07) is 7.65. The maximum atomic E-state index is 12.8. The molecule has 26 heavy (non-hydrogen) atoms. The lowest BCUT2D eigenvalue weighted by Gasteiger charge is -2.14. The van der Waals surface area contributed by atoms with Crippen molar-refractivity contribution in [2.24, 2.45) is 0 Å². The quantitative estimate of drug-likeness (QED) is 0.414. The molecule has 1 N–H and O–H groups in total. The maximum absolute atomic E-state index is 12.8. The summed E-state index contributed by atoms with van der Waals surface area (Å²) in [5, 5.41) is 2.28. The first-order chi connectivity index (χ1) is 12.0. The molecular formula is C18H13F6NO. The van der Waals surface area contributed by atoms with Crippen molar-refractivity contribution in [1.29, 1.82) is 0 Å². The van der Waals surface area contributed by atoms with Crippen LogP contribution in [0.4, 0.5) is 32.0 Å². The van der Waals surface area contributed by atoms with Gasteiger partial charge in [0.25, 0.3) is 0 Å². The summed E-state index contributed by atoms with van der Waals surface area (Å²) in [5.41, 5.74) is -2.03. The van der Waals surface area contributed by atoms with Crippen molar-refractivity contribution in [3.8, 4) is 0 Å². The van der Waals surface area contributed by atoms with E-state index in [1.54, 1.807) is 24.3 Å². The standard InChI is InChI=1S/C18H13F6NO/c1-11-2-4-12(5-3-11)16(26)6-7-25-15-9-13(17(19,20)21)8-14(10-15)18(22,23)24/h2-10,25H,1H3/b7-6+. The average molecular weight is 373 g/mol. The largest absolute Gasteiger partial charge is 0.416 e. The third-order valence-corrected chi connectivity index (χ3v) is 3.41. The number of alkyl halides is 6. The van der Waals surface area contributed by atoms with E-state index in [2.05, 4.69) is 5.32 Å². The van der Waals surface area contributed by atoms with E-state index in [-0.39, 0.29) is 6.07 Å². The fourth-order valence-electron chi connectivity index (χ4n) is 2.07. The molecule has 0 aliphatic rings. The van der Waals surface area contributed by atoms with Crippen molar-refractivity contribution in [2.45, 2.75) is 19.3 Å². The number of anilines is 1. The van der Waals surface area contributed by atoms with Gasteiger partial charge in [-0.15, -0.1) is 0 Å². The van der Waals surface area contributed by atoms with Crippen molar-refractivity contribution in [1.82, 2.24) is 0 Å². The van der Waals surface area contributed by atoms with Crippen LogP contribution in [0.3, 0.4) is 0 Å². The minimum atomic E-state index is -4.93. The molecule has 0 spiro atoms. The summed E-state index contributed by atoms with van der Waals surface area (Å²) in [5.74, 6) is -0.444. The van der Waals surface area contributed by atoms with Crippen molar-refractivity contribution in [2.75, 3.05) is 5.32 Å². The van der Waals surface area contributed by atoms with Crippen LogP contribution in [-0.4, -0.2) is 5.78 Å². The van der Waals surface area contributed by atoms with E-state index in [1.807, 2.05) is 6.92 Å². The van der Waals surface area contributed by atoms with Gasteiger partial charge in [0.2, 0.25) is 0 Å². The van der Waals surface area contributed by atoms with Crippen LogP contribution >= 0.6 is 0 Å². The number of nitrogens with one attached hydrogen (secondary N) is 1. The monoisotopic (exact) mass is 373 g/mol. The molecule has 0 heterocycles. The molecule has 0 fully saturated rings. The van der Waals surface area contributed by atoms with Gasteiger partial charge in [-0.05, 0) is 25.1 Å². The Bertz CT molecular complexity index is 787. The predicted octanol–water partition coefficient (Wildman–Crippen LogP) is 5.84. The summed E-state index contributed by atoms with van der Waals surface area (Å²) < 4.78 is 76.6. The zero-order valence-electron chi connectivity index (χ0n) is 13.4. The summed E-state index contributed by atoms with van der Waals surface area (Å²) >= 11 is 0. The average Bonchev–Trinajstić information content (AvgIpc) is 2.53. The van der Waals surface area contributed by atoms with E-state index in [1.165, 1.54) is 0 Å². The lowest BCUT2D eigenvalue weighted by Crippen LogP contribution is -2.11. The molecule has 2 rings (SSSR count). The van der Waals surface area contributed by atoms with E-state index >= 15 is 0 Å². The van der Waals surface area contributed by atoms with Crippen LogP contribution in [0.1, 0.15) is 27.0 Å². The first-order valence-electron chi connectivity index (χ1n) is 7.30. The summed E-state index contributed by atoms with van der Waals surface area (Å²) in [6.07, 6.45) is -7.84. The van der Waals surface area contributed by atoms with Crippen LogP contribution in [-0.2, 0) is 12.4 Å². The van der Waals surface area contributed by atoms with Gasteiger partial charge >= 0.3 is 12.4 Å². The maximum Gasteiger partial charge on any atom is 0.416 e. The molecule has 2 aromatic carbocycles. The molecule has 2 nitrogen and oxygen atoms in total. The molecule has 0 bridgehead atoms. The highest BCUT2D eigenvalue weighted by atomic mass is 19.4. The van der Waals surface area contributed by atoms with Crippen molar-refractivity contribution >= 4 is 11.5 Å². The fraction of sp³-hybridized carbons (Fsp3) is 0.167. The second kappa shape index (κ2) is 7.23. The van der Waals surface area contributed by atoms with Gasteiger partial charge in [-0.2, -0.15) is 26.3 Å². The van der Waals surface area contributed by atoms with Gasteiger partial charge in [-0.3, -0.25) is 4.79 Å². The topological polar surface area (TPSA) is 29.1 Å². The molecule has 138 valence electrons. The number of carbonyl (C=O) groups is 1. The number of hydrogen-bond acceptors (Lipinski definition) is 2. The van der Waals surface area contributed by atoms with Crippen LogP contribution in [0, 0.1) is 6.92 Å². The number of ketones is 1. The number of allylic oxidation sites excluding steroid dienone is 1. The van der Waals surface area contributed by atoms with Gasteiger partial charge in [-0.1, -0.05) is 29.8 Å². The lowest BCUT2D eigenvalue weighted by atomic mass is 10.1. The first-order valence-corrected chi connectivity index (χ1v) is 7.30. The summed E-state index contributed by atoms with van der Waals surface area (Å²) in [4.78, 5) is 11.9. The zero-order valence-corrected chi connectivity index (χ0v) is 13.4. The molecule has 0 saturated heterocycles. The Hall–Kier alpha value is -2.77. The molecule has 0 amide bonds. The number of hydrogen-bond donors (Lipinski definition) is 1. The van der Waals surface area contributed by atoms with Crippen LogP contribution in [0.2, 0.25) is 0 Å². The van der Waals surface area contributed by atoms with Crippen LogP contribution < -0.4 is 5.32 Å². The van der Waals surface area contributed by atoms with Gasteiger partial charge in [0, 0.05) is 23.5 Å². The minimum absolute atomic E-state index is 0.0341. The molecule has 0 aromatic heterocycles. The van der Waals surface area contributed by atoms with Gasteiger partial charge in [0.1, 0.15) is 0 Å². The van der Waals surface area contributed by atoms with Gasteiger partial charge in [-0.25, -0.2) is 0 Å². The van der Waals surface area contributed by atoms with Crippen molar-refractivity contribution < 1.29 is 31.1 Å². The Morgan fingerprint density at radius 3 is 1.85 bits per heavy atom. The van der Waals surface area contributed by atoms with Crippen molar-refractivity contribution in [3.63, 3.8) is 0 Å². The van der Waals surface area contributed by atoms with E-state index in [4.69, 9.17) is 0 Å². The Morgan fingerprint density at radius 1 is 0.885 bits per heavy atom. The van der Waals surface area contributed by atoms with Crippen molar-refractivity contribution in [3.05, 3.63) is 77.0 Å². The third kappa shape index (κ3) is 5.11. The summed E-state index contributed by atoms with van der Waals surface area (Å²) in [7, 11) is 0. The number of benzene rings is 2. The van der Waals surface area contributed by atoms with E-state index in [9.17, 15) is 31.1 Å². The second-order valence-electron chi connectivity index (χ2n) is 5.50. The van der Waals surface area contributed by atoms with E-state index < -0.39 is 35.0 Å². The first kappa shape index (κ1) is 19.6. The molecule has 2 aromatic rings. The van der Waals surface area contributed by atoms with Gasteiger partial charge in [0.05, 0.1) is 11.1 Å². The van der Waals surface area contributed by atoms with Crippen LogP contribution in [0.25, 0.3) is 0 Å². The summed E-state index contributed by atoms with van der Waals surface area (Å²) in [6.45, 7) is 1.83. The smallest absolute Gasteiger partial charge is 0.362 e. The second-order valence-corrected chi connectivity index (χ2v) is 5.50. The highest BCUT2D eigenvalue weighted by molar-refractivity contribution is 6.04. The lowest BCUT2D eigenvalue weighted by molar-refractivity contribution is -0.143. The highest BCUT2D eigenvalue weighted by Crippen LogP contribution is 2.37. The van der Waals surface area contributed by atoms with Crippen LogP contribution in [0.5, 0.6) is 0 Å². The minimum Gasteiger partial charge on any atom is -0.362 e. The molecule has 0 aliphatic carbocycles. The van der Waals surface area contributed by atoms with Crippen LogP contribution in [0.15, 0.2) is 54.7 Å². The molecule has 8 heteroatoms. The molecular weight excluding hydrogens is 360 g/mol. The van der Waals surface area contributed by atoms with E-state index in [0.29, 0.717) is 17.7 Å². The van der Waals surface area contributed by atoms with Gasteiger partial charge in [0.15, 0.2) is 5.78 Å². The number of halogens is 6. The number of carbonyl (C=O) groups excluding carboxylic acids is 1. The SMILES string of the molecule is Cc1ccc(C(=O)/C=C/Nc2cc(C(F)(F)F)cc(C(F)(F)F)c2)cc1. The highest BCUT2D eigenvalue weighted by Gasteiger charge is 2.36. The Balaban J connectivity index is 2.23. The Labute approximate surface area is 145 Å². The predicted molar refractivity (Wildman–Crippen MR) is 84.7 cm³/mol. The molecule has 0 unspecified atom stereocenters. The van der Waals surface area contributed by atoms with E-state index in [0.717, 1.165) is 17.8 Å². The van der Waals surface area contributed by atoms with Gasteiger partial charge < -0.3 is 5.32 Å². The molecule has 0 atom stereocenters. The number of rotatable bonds is 4. The molecule has 0 aliphatic heterocycles. The molecule has 0 saturated carbocycles. The normalized spacial score (nSPS) is 12.4. The molecule has 0 radical (unpaired) electrons. The third-order valence-electron chi connectivity index (χ3n) is 3.41.